The Labute approximate surface area is 240 Å². The zero-order chi connectivity index (χ0) is 31.0. The summed E-state index contributed by atoms with van der Waals surface area (Å²) < 4.78 is 11.0. The van der Waals surface area contributed by atoms with Crippen molar-refractivity contribution >= 4 is 34.6 Å². The van der Waals surface area contributed by atoms with Crippen LogP contribution in [0.4, 0.5) is 22.7 Å². The van der Waals surface area contributed by atoms with E-state index in [1.54, 1.807) is 45.2 Å². The molecule has 0 saturated heterocycles. The summed E-state index contributed by atoms with van der Waals surface area (Å²) in [4.78, 5) is 45.4. The predicted molar refractivity (Wildman–Crippen MR) is 156 cm³/mol. The number of rotatable bonds is 14. The molecule has 14 nitrogen and oxygen atoms in total. The quantitative estimate of drug-likeness (QED) is 0.122. The highest BCUT2D eigenvalue weighted by atomic mass is 16.6. The van der Waals surface area contributed by atoms with Gasteiger partial charge in [-0.3, -0.25) is 29.8 Å². The summed E-state index contributed by atoms with van der Waals surface area (Å²) in [7, 11) is 1.54. The van der Waals surface area contributed by atoms with Crippen molar-refractivity contribution in [2.45, 2.75) is 20.5 Å². The minimum Gasteiger partial charge on any atom is -0.497 e. The predicted octanol–water partition coefficient (Wildman–Crippen LogP) is 4.15. The van der Waals surface area contributed by atoms with Gasteiger partial charge in [0.25, 0.3) is 11.4 Å². The first kappa shape index (κ1) is 30.9. The van der Waals surface area contributed by atoms with E-state index in [-0.39, 0.29) is 53.6 Å². The molecule has 6 N–H and O–H groups in total. The number of carbonyl (C=O) groups excluding carboxylic acids is 2. The van der Waals surface area contributed by atoms with Crippen LogP contribution in [0.2, 0.25) is 0 Å². The van der Waals surface area contributed by atoms with Crippen LogP contribution in [-0.2, 0) is 6.61 Å². The Morgan fingerprint density at radius 3 is 1.93 bits per heavy atom. The van der Waals surface area contributed by atoms with Crippen LogP contribution in [0.3, 0.4) is 0 Å². The molecule has 0 aliphatic carbocycles. The normalized spacial score (nSPS) is 11.2. The van der Waals surface area contributed by atoms with Gasteiger partial charge in [-0.15, -0.1) is 0 Å². The lowest BCUT2D eigenvalue weighted by Crippen LogP contribution is -2.15. The molecule has 220 valence electrons. The number of nitro benzene ring substituents is 2. The first-order valence-electron chi connectivity index (χ1n) is 12.5. The SMILES string of the molecule is COc1ccc(COc2cc(C(N)=O)cc([N+](=O)[O-])c2NC/C(C)=C(\C)CNc2ccc(C(N)=O)cc2[N+](=O)[O-])cc1. The molecule has 0 fully saturated rings. The second-order valence-electron chi connectivity index (χ2n) is 9.25. The second-order valence-corrected chi connectivity index (χ2v) is 9.25. The fourth-order valence-corrected chi connectivity index (χ4v) is 3.80. The molecule has 0 radical (unpaired) electrons. The average molecular weight is 579 g/mol. The molecule has 3 aromatic carbocycles. The molecule has 0 aliphatic rings. The van der Waals surface area contributed by atoms with Gasteiger partial charge >= 0.3 is 0 Å². The highest BCUT2D eigenvalue weighted by molar-refractivity contribution is 5.96. The summed E-state index contributed by atoms with van der Waals surface area (Å²) in [6.07, 6.45) is 0. The highest BCUT2D eigenvalue weighted by Gasteiger charge is 2.23. The van der Waals surface area contributed by atoms with Crippen molar-refractivity contribution in [1.82, 2.24) is 0 Å². The molecule has 0 atom stereocenters. The lowest BCUT2D eigenvalue weighted by Gasteiger charge is -2.16. The molecule has 0 unspecified atom stereocenters. The van der Waals surface area contributed by atoms with Crippen LogP contribution in [-0.4, -0.2) is 41.9 Å². The van der Waals surface area contributed by atoms with Gasteiger partial charge < -0.3 is 31.6 Å². The maximum Gasteiger partial charge on any atom is 0.296 e. The van der Waals surface area contributed by atoms with Crippen molar-refractivity contribution in [3.8, 4) is 11.5 Å². The Bertz CT molecular complexity index is 1550. The standard InChI is InChI=1S/C28H30N6O8/c1-16(13-31-22-9-6-19(27(29)35)10-23(22)33(37)38)17(2)14-32-26-24(34(39)40)11-20(28(30)36)12-25(26)42-15-18-4-7-21(41-3)8-5-18/h4-12,31-32H,13-15H2,1-3H3,(H2,29,35)(H2,30,36)/b17-16+. The van der Waals surface area contributed by atoms with Gasteiger partial charge in [0.1, 0.15) is 18.0 Å². The zero-order valence-electron chi connectivity index (χ0n) is 23.1. The summed E-state index contributed by atoms with van der Waals surface area (Å²) in [6, 6.07) is 13.3. The van der Waals surface area contributed by atoms with E-state index >= 15 is 0 Å². The molecule has 3 rings (SSSR count). The summed E-state index contributed by atoms with van der Waals surface area (Å²) >= 11 is 0. The van der Waals surface area contributed by atoms with Crippen molar-refractivity contribution in [1.29, 1.82) is 0 Å². The second kappa shape index (κ2) is 13.6. The van der Waals surface area contributed by atoms with Crippen LogP contribution in [0.1, 0.15) is 40.1 Å². The Morgan fingerprint density at radius 2 is 1.38 bits per heavy atom. The maximum absolute atomic E-state index is 11.9. The highest BCUT2D eigenvalue weighted by Crippen LogP contribution is 2.37. The number of hydrogen-bond acceptors (Lipinski definition) is 10. The number of primary amides is 2. The Hall–Kier alpha value is -5.66. The number of nitrogens with one attached hydrogen (secondary N) is 2. The third-order valence-electron chi connectivity index (χ3n) is 6.40. The summed E-state index contributed by atoms with van der Waals surface area (Å²) in [6.45, 7) is 3.97. The van der Waals surface area contributed by atoms with E-state index in [9.17, 15) is 29.8 Å². The van der Waals surface area contributed by atoms with Crippen molar-refractivity contribution in [3.63, 3.8) is 0 Å². The molecule has 0 heterocycles. The lowest BCUT2D eigenvalue weighted by molar-refractivity contribution is -0.384. The van der Waals surface area contributed by atoms with Crippen LogP contribution in [0.15, 0.2) is 65.7 Å². The zero-order valence-corrected chi connectivity index (χ0v) is 23.1. The van der Waals surface area contributed by atoms with Gasteiger partial charge in [-0.1, -0.05) is 23.3 Å². The van der Waals surface area contributed by atoms with Crippen LogP contribution in [0.5, 0.6) is 11.5 Å². The average Bonchev–Trinajstić information content (AvgIpc) is 2.97. The number of nitrogens with two attached hydrogens (primary N) is 2. The molecule has 0 bridgehead atoms. The van der Waals surface area contributed by atoms with Gasteiger partial charge in [0.05, 0.1) is 17.0 Å². The molecular formula is C28H30N6O8. The van der Waals surface area contributed by atoms with E-state index < -0.39 is 27.3 Å². The van der Waals surface area contributed by atoms with Crippen molar-refractivity contribution < 1.29 is 28.9 Å². The molecule has 0 aliphatic heterocycles. The van der Waals surface area contributed by atoms with Crippen molar-refractivity contribution in [3.05, 3.63) is 103 Å². The number of amides is 2. The third-order valence-corrected chi connectivity index (χ3v) is 6.40. The van der Waals surface area contributed by atoms with Crippen LogP contribution in [0.25, 0.3) is 0 Å². The molecule has 0 saturated carbocycles. The Kier molecular flexibility index (Phi) is 10.0. The monoisotopic (exact) mass is 578 g/mol. The molecule has 42 heavy (non-hydrogen) atoms. The van der Waals surface area contributed by atoms with Crippen molar-refractivity contribution in [2.24, 2.45) is 11.5 Å². The summed E-state index contributed by atoms with van der Waals surface area (Å²) in [5.41, 5.74) is 12.4. The number of benzene rings is 3. The molecule has 2 amide bonds. The van der Waals surface area contributed by atoms with Gasteiger partial charge in [0.2, 0.25) is 11.8 Å². The van der Waals surface area contributed by atoms with E-state index in [4.69, 9.17) is 20.9 Å². The van der Waals surface area contributed by atoms with Gasteiger partial charge in [0.15, 0.2) is 11.4 Å². The van der Waals surface area contributed by atoms with Crippen LogP contribution >= 0.6 is 0 Å². The first-order valence-corrected chi connectivity index (χ1v) is 12.5. The van der Waals surface area contributed by atoms with E-state index in [1.165, 1.54) is 18.2 Å². The minimum atomic E-state index is -0.852. The Balaban J connectivity index is 1.83. The van der Waals surface area contributed by atoms with Crippen LogP contribution < -0.4 is 31.6 Å². The lowest BCUT2D eigenvalue weighted by atomic mass is 10.1. The first-order chi connectivity index (χ1) is 19.9. The number of carbonyl (C=O) groups is 2. The van der Waals surface area contributed by atoms with Gasteiger partial charge in [-0.05, 0) is 49.7 Å². The number of nitro groups is 2. The number of methoxy groups -OCH3 is 1. The number of anilines is 2. The van der Waals surface area contributed by atoms with E-state index in [1.807, 2.05) is 0 Å². The van der Waals surface area contributed by atoms with Gasteiger partial charge in [-0.25, -0.2) is 0 Å². The molecule has 0 spiro atoms. The fraction of sp³-hybridized carbons (Fsp3) is 0.214. The van der Waals surface area contributed by atoms with E-state index in [0.717, 1.165) is 28.8 Å². The maximum atomic E-state index is 11.9. The molecule has 0 aromatic heterocycles. The van der Waals surface area contributed by atoms with E-state index in [0.29, 0.717) is 5.75 Å². The number of nitrogens with zero attached hydrogens (tertiary/aromatic N) is 2. The smallest absolute Gasteiger partial charge is 0.296 e. The third kappa shape index (κ3) is 7.71. The summed E-state index contributed by atoms with van der Waals surface area (Å²) in [5.74, 6) is -0.928. The molecule has 14 heteroatoms. The van der Waals surface area contributed by atoms with Gasteiger partial charge in [0, 0.05) is 36.3 Å². The van der Waals surface area contributed by atoms with E-state index in [2.05, 4.69) is 10.6 Å². The minimum absolute atomic E-state index is 0.00820. The van der Waals surface area contributed by atoms with Crippen LogP contribution in [0, 0.1) is 20.2 Å². The largest absolute Gasteiger partial charge is 0.497 e. The molecular weight excluding hydrogens is 548 g/mol. The summed E-state index contributed by atoms with van der Waals surface area (Å²) in [5, 5.41) is 29.4. The topological polar surface area (TPSA) is 215 Å². The van der Waals surface area contributed by atoms with Crippen molar-refractivity contribution in [2.75, 3.05) is 30.8 Å². The van der Waals surface area contributed by atoms with Gasteiger partial charge in [-0.2, -0.15) is 0 Å². The molecule has 3 aromatic rings. The number of ether oxygens (including phenoxy) is 2. The number of hydrogen-bond donors (Lipinski definition) is 4. The fourth-order valence-electron chi connectivity index (χ4n) is 3.80. The Morgan fingerprint density at radius 1 is 0.810 bits per heavy atom.